The van der Waals surface area contributed by atoms with Crippen molar-refractivity contribution < 1.29 is 19.1 Å². The van der Waals surface area contributed by atoms with Crippen molar-refractivity contribution in [2.45, 2.75) is 57.5 Å². The first-order chi connectivity index (χ1) is 19.4. The van der Waals surface area contributed by atoms with E-state index in [1.165, 1.54) is 6.42 Å². The first-order valence-corrected chi connectivity index (χ1v) is 14.4. The molecule has 1 aliphatic rings. The minimum atomic E-state index is -0.688. The van der Waals surface area contributed by atoms with E-state index in [4.69, 9.17) is 15.2 Å². The number of aromatic nitrogens is 1. The van der Waals surface area contributed by atoms with Gasteiger partial charge >= 0.3 is 0 Å². The molecule has 9 nitrogen and oxygen atoms in total. The van der Waals surface area contributed by atoms with Crippen molar-refractivity contribution in [2.24, 2.45) is 16.6 Å². The molecule has 1 aromatic heterocycles. The van der Waals surface area contributed by atoms with Gasteiger partial charge in [0, 0.05) is 23.7 Å². The highest BCUT2D eigenvalue weighted by molar-refractivity contribution is 7.13. The molecule has 0 aliphatic heterocycles. The van der Waals surface area contributed by atoms with E-state index in [0.29, 0.717) is 30.4 Å². The second-order valence-corrected chi connectivity index (χ2v) is 10.8. The fourth-order valence-corrected chi connectivity index (χ4v) is 5.64. The molecule has 0 bridgehead atoms. The zero-order valence-electron chi connectivity index (χ0n) is 23.0. The van der Waals surface area contributed by atoms with E-state index in [1.54, 1.807) is 50.0 Å². The Balaban J connectivity index is 1.41. The van der Waals surface area contributed by atoms with Crippen LogP contribution in [0, 0.1) is 5.92 Å². The van der Waals surface area contributed by atoms with Crippen LogP contribution in [0.15, 0.2) is 59.0 Å². The highest BCUT2D eigenvalue weighted by Crippen LogP contribution is 2.29. The van der Waals surface area contributed by atoms with Gasteiger partial charge in [-0.1, -0.05) is 56.4 Å². The van der Waals surface area contributed by atoms with E-state index >= 15 is 0 Å². The number of ether oxygens (including phenoxy) is 2. The van der Waals surface area contributed by atoms with Gasteiger partial charge in [-0.15, -0.1) is 11.3 Å². The van der Waals surface area contributed by atoms with Crippen LogP contribution in [0.2, 0.25) is 0 Å². The third-order valence-electron chi connectivity index (χ3n) is 7.03. The van der Waals surface area contributed by atoms with Gasteiger partial charge in [-0.3, -0.25) is 14.9 Å². The predicted molar refractivity (Wildman–Crippen MR) is 157 cm³/mol. The molecule has 1 atom stereocenters. The topological polar surface area (TPSA) is 128 Å². The SMILES string of the molecule is COc1ccc(CC(=O)NC(N)=NC(CC2CCCCC2)C(=O)NCc2cccc(-c3nccs3)c2)cc1OC. The maximum absolute atomic E-state index is 13.3. The van der Waals surface area contributed by atoms with Crippen molar-refractivity contribution in [2.75, 3.05) is 14.2 Å². The summed E-state index contributed by atoms with van der Waals surface area (Å²) in [6, 6.07) is 12.6. The Hall–Kier alpha value is -3.92. The van der Waals surface area contributed by atoms with Gasteiger partial charge in [-0.2, -0.15) is 0 Å². The highest BCUT2D eigenvalue weighted by Gasteiger charge is 2.25. The standard InChI is InChI=1S/C30H37N5O4S/c1-38-25-12-11-21(17-26(25)39-2)18-27(36)35-30(31)34-24(16-20-7-4-3-5-8-20)28(37)33-19-22-9-6-10-23(15-22)29-32-13-14-40-29/h6,9-15,17,20,24H,3-5,7-8,16,18-19H2,1-2H3,(H,33,37)(H3,31,34,35,36). The van der Waals surface area contributed by atoms with Gasteiger partial charge in [0.2, 0.25) is 11.8 Å². The maximum atomic E-state index is 13.3. The van der Waals surface area contributed by atoms with Crippen molar-refractivity contribution in [3.63, 3.8) is 0 Å². The quantitative estimate of drug-likeness (QED) is 0.234. The number of carbonyl (C=O) groups excluding carboxylic acids is 2. The van der Waals surface area contributed by atoms with Gasteiger partial charge in [0.1, 0.15) is 11.0 Å². The van der Waals surface area contributed by atoms with Crippen LogP contribution in [0.4, 0.5) is 0 Å². The Kier molecular flexibility index (Phi) is 10.5. The number of guanidine groups is 1. The van der Waals surface area contributed by atoms with E-state index < -0.39 is 6.04 Å². The van der Waals surface area contributed by atoms with Crippen LogP contribution < -0.4 is 25.8 Å². The van der Waals surface area contributed by atoms with Gasteiger partial charge < -0.3 is 20.5 Å². The monoisotopic (exact) mass is 563 g/mol. The van der Waals surface area contributed by atoms with Gasteiger partial charge in [-0.05, 0) is 41.7 Å². The molecule has 10 heteroatoms. The molecule has 1 unspecified atom stereocenters. The molecule has 1 aliphatic carbocycles. The van der Waals surface area contributed by atoms with Crippen molar-refractivity contribution in [3.8, 4) is 22.1 Å². The Morgan fingerprint density at radius 3 is 2.60 bits per heavy atom. The minimum absolute atomic E-state index is 0.0628. The second-order valence-electron chi connectivity index (χ2n) is 9.94. The molecule has 1 heterocycles. The van der Waals surface area contributed by atoms with E-state index in [0.717, 1.165) is 47.4 Å². The largest absolute Gasteiger partial charge is 0.493 e. The molecular formula is C30H37N5O4S. The van der Waals surface area contributed by atoms with Crippen LogP contribution in [0.25, 0.3) is 10.6 Å². The van der Waals surface area contributed by atoms with Crippen LogP contribution in [0.1, 0.15) is 49.7 Å². The fraction of sp³-hybridized carbons (Fsp3) is 0.400. The summed E-state index contributed by atoms with van der Waals surface area (Å²) < 4.78 is 10.6. The number of thiazole rings is 1. The molecule has 4 rings (SSSR count). The van der Waals surface area contributed by atoms with Crippen molar-refractivity contribution in [1.82, 2.24) is 15.6 Å². The average Bonchev–Trinajstić information content (AvgIpc) is 3.51. The predicted octanol–water partition coefficient (Wildman–Crippen LogP) is 4.46. The van der Waals surface area contributed by atoms with Crippen LogP contribution >= 0.6 is 11.3 Å². The second kappa shape index (κ2) is 14.5. The number of aliphatic imine (C=N–C) groups is 1. The molecule has 0 spiro atoms. The summed E-state index contributed by atoms with van der Waals surface area (Å²) in [6.07, 6.45) is 8.12. The van der Waals surface area contributed by atoms with E-state index in [-0.39, 0.29) is 24.2 Å². The smallest absolute Gasteiger partial charge is 0.245 e. The Labute approximate surface area is 239 Å². The molecule has 1 fully saturated rings. The zero-order chi connectivity index (χ0) is 28.3. The van der Waals surface area contributed by atoms with Crippen LogP contribution in [0.5, 0.6) is 11.5 Å². The van der Waals surface area contributed by atoms with Crippen LogP contribution in [-0.2, 0) is 22.6 Å². The highest BCUT2D eigenvalue weighted by atomic mass is 32.1. The third-order valence-corrected chi connectivity index (χ3v) is 7.85. The molecule has 2 aromatic carbocycles. The summed E-state index contributed by atoms with van der Waals surface area (Å²) in [6.45, 7) is 0.361. The van der Waals surface area contributed by atoms with Gasteiger partial charge in [0.25, 0.3) is 0 Å². The Morgan fingerprint density at radius 2 is 1.88 bits per heavy atom. The van der Waals surface area contributed by atoms with Crippen LogP contribution in [0.3, 0.4) is 0 Å². The number of nitrogens with one attached hydrogen (secondary N) is 2. The number of hydrogen-bond donors (Lipinski definition) is 3. The molecule has 1 saturated carbocycles. The number of nitrogens with zero attached hydrogens (tertiary/aromatic N) is 2. The van der Waals surface area contributed by atoms with Gasteiger partial charge in [-0.25, -0.2) is 9.98 Å². The number of carbonyl (C=O) groups is 2. The molecular weight excluding hydrogens is 526 g/mol. The molecule has 4 N–H and O–H groups in total. The number of methoxy groups -OCH3 is 2. The van der Waals surface area contributed by atoms with E-state index in [1.807, 2.05) is 29.6 Å². The zero-order valence-corrected chi connectivity index (χ0v) is 23.8. The van der Waals surface area contributed by atoms with Gasteiger partial charge in [0.05, 0.1) is 20.6 Å². The summed E-state index contributed by atoms with van der Waals surface area (Å²) in [5, 5.41) is 8.54. The van der Waals surface area contributed by atoms with E-state index in [9.17, 15) is 9.59 Å². The number of rotatable bonds is 11. The normalized spacial score (nSPS) is 14.8. The summed E-state index contributed by atoms with van der Waals surface area (Å²) in [4.78, 5) is 34.9. The van der Waals surface area contributed by atoms with Crippen LogP contribution in [-0.4, -0.2) is 43.0 Å². The number of nitrogens with two attached hydrogens (primary N) is 1. The first-order valence-electron chi connectivity index (χ1n) is 13.6. The molecule has 2 amide bonds. The Bertz CT molecular complexity index is 1310. The Morgan fingerprint density at radius 1 is 1.07 bits per heavy atom. The summed E-state index contributed by atoms with van der Waals surface area (Å²) in [5.41, 5.74) is 8.86. The lowest BCUT2D eigenvalue weighted by atomic mass is 9.84. The molecule has 212 valence electrons. The lowest BCUT2D eigenvalue weighted by Crippen LogP contribution is -2.42. The van der Waals surface area contributed by atoms with Crippen molar-refractivity contribution >= 4 is 29.1 Å². The van der Waals surface area contributed by atoms with Gasteiger partial charge in [0.15, 0.2) is 17.5 Å². The summed E-state index contributed by atoms with van der Waals surface area (Å²) in [5.74, 6) is 0.922. The number of hydrogen-bond acceptors (Lipinski definition) is 7. The maximum Gasteiger partial charge on any atom is 0.245 e. The molecule has 40 heavy (non-hydrogen) atoms. The summed E-state index contributed by atoms with van der Waals surface area (Å²) in [7, 11) is 3.10. The number of amides is 2. The summed E-state index contributed by atoms with van der Waals surface area (Å²) >= 11 is 1.57. The first kappa shape index (κ1) is 29.1. The third kappa shape index (κ3) is 8.29. The van der Waals surface area contributed by atoms with Crippen molar-refractivity contribution in [1.29, 1.82) is 0 Å². The molecule has 0 radical (unpaired) electrons. The molecule has 0 saturated heterocycles. The lowest BCUT2D eigenvalue weighted by molar-refractivity contribution is -0.123. The minimum Gasteiger partial charge on any atom is -0.493 e. The van der Waals surface area contributed by atoms with E-state index in [2.05, 4.69) is 20.6 Å². The lowest BCUT2D eigenvalue weighted by Gasteiger charge is -2.24. The molecule has 3 aromatic rings. The fourth-order valence-electron chi connectivity index (χ4n) is 5.01. The number of benzene rings is 2. The average molecular weight is 564 g/mol. The van der Waals surface area contributed by atoms with Crippen molar-refractivity contribution in [3.05, 3.63) is 65.2 Å².